The lowest BCUT2D eigenvalue weighted by molar-refractivity contribution is -0.129. The quantitative estimate of drug-likeness (QED) is 0.754. The zero-order valence-corrected chi connectivity index (χ0v) is 11.7. The first-order chi connectivity index (χ1) is 8.52. The molecule has 2 bridgehead atoms. The molecule has 102 valence electrons. The van der Waals surface area contributed by atoms with E-state index in [0.717, 1.165) is 38.9 Å². The molecule has 2 aliphatic heterocycles. The number of fused-ring (bicyclic) bond motifs is 2. The first-order valence-electron chi connectivity index (χ1n) is 7.42. The molecule has 0 amide bonds. The summed E-state index contributed by atoms with van der Waals surface area (Å²) in [7, 11) is 0. The first kappa shape index (κ1) is 12.6. The van der Waals surface area contributed by atoms with Crippen molar-refractivity contribution in [2.45, 2.75) is 58.2 Å². The van der Waals surface area contributed by atoms with Gasteiger partial charge in [-0.2, -0.15) is 0 Å². The number of ether oxygens (including phenoxy) is 1. The molecule has 2 saturated heterocycles. The number of nitrogens with zero attached hydrogens (tertiary/aromatic N) is 1. The Hall–Kier alpha value is -0.410. The van der Waals surface area contributed by atoms with Crippen LogP contribution in [0.15, 0.2) is 0 Å². The third-order valence-electron chi connectivity index (χ3n) is 4.90. The lowest BCUT2D eigenvalue weighted by atomic mass is 9.71. The van der Waals surface area contributed by atoms with Gasteiger partial charge in [0, 0.05) is 32.0 Å². The maximum absolute atomic E-state index is 12.1. The van der Waals surface area contributed by atoms with Crippen LogP contribution < -0.4 is 0 Å². The molecule has 3 atom stereocenters. The summed E-state index contributed by atoms with van der Waals surface area (Å²) in [6.45, 7) is 7.66. The highest BCUT2D eigenvalue weighted by molar-refractivity contribution is 5.82. The standard InChI is InChI=1S/C15H25NO2/c1-15(2)6-5-14(17)11(7-15)8-16-9-12-3-4-13(10-16)18-12/h11-13H,3-10H2,1-2H3. The summed E-state index contributed by atoms with van der Waals surface area (Å²) in [4.78, 5) is 14.6. The number of carbonyl (C=O) groups is 1. The third kappa shape index (κ3) is 2.62. The van der Waals surface area contributed by atoms with Crippen LogP contribution in [-0.2, 0) is 9.53 Å². The van der Waals surface area contributed by atoms with E-state index in [0.29, 0.717) is 23.4 Å². The van der Waals surface area contributed by atoms with Crippen LogP contribution in [0.2, 0.25) is 0 Å². The Bertz CT molecular complexity index is 327. The molecule has 0 aromatic heterocycles. The maximum Gasteiger partial charge on any atom is 0.137 e. The van der Waals surface area contributed by atoms with Gasteiger partial charge in [-0.3, -0.25) is 9.69 Å². The topological polar surface area (TPSA) is 29.5 Å². The van der Waals surface area contributed by atoms with Gasteiger partial charge in [0.05, 0.1) is 12.2 Å². The molecule has 3 nitrogen and oxygen atoms in total. The number of likely N-dealkylation sites (tertiary alicyclic amines) is 1. The number of hydrogen-bond donors (Lipinski definition) is 0. The second-order valence-corrected chi connectivity index (χ2v) is 7.21. The van der Waals surface area contributed by atoms with Crippen LogP contribution in [0.25, 0.3) is 0 Å². The van der Waals surface area contributed by atoms with Crippen LogP contribution in [0.4, 0.5) is 0 Å². The lowest BCUT2D eigenvalue weighted by Gasteiger charge is -2.39. The maximum atomic E-state index is 12.1. The second-order valence-electron chi connectivity index (χ2n) is 7.21. The van der Waals surface area contributed by atoms with E-state index in [1.54, 1.807) is 0 Å². The molecule has 0 aromatic carbocycles. The minimum absolute atomic E-state index is 0.270. The zero-order chi connectivity index (χ0) is 12.8. The van der Waals surface area contributed by atoms with Gasteiger partial charge in [-0.1, -0.05) is 13.8 Å². The van der Waals surface area contributed by atoms with Crippen LogP contribution >= 0.6 is 0 Å². The Labute approximate surface area is 110 Å². The molecule has 1 aliphatic carbocycles. The Balaban J connectivity index is 1.60. The Morgan fingerprint density at radius 2 is 1.94 bits per heavy atom. The highest BCUT2D eigenvalue weighted by Crippen LogP contribution is 2.37. The van der Waals surface area contributed by atoms with Gasteiger partial charge >= 0.3 is 0 Å². The van der Waals surface area contributed by atoms with Crippen molar-refractivity contribution in [2.75, 3.05) is 19.6 Å². The number of carbonyl (C=O) groups excluding carboxylic acids is 1. The fourth-order valence-corrected chi connectivity index (χ4v) is 3.87. The largest absolute Gasteiger partial charge is 0.372 e. The first-order valence-corrected chi connectivity index (χ1v) is 7.42. The fourth-order valence-electron chi connectivity index (χ4n) is 3.87. The van der Waals surface area contributed by atoms with Gasteiger partial charge in [-0.05, 0) is 31.1 Å². The number of morpholine rings is 1. The van der Waals surface area contributed by atoms with Gasteiger partial charge in [0.2, 0.25) is 0 Å². The molecule has 0 radical (unpaired) electrons. The summed E-state index contributed by atoms with van der Waals surface area (Å²) in [6.07, 6.45) is 6.23. The number of rotatable bonds is 2. The molecule has 3 heteroatoms. The van der Waals surface area contributed by atoms with Gasteiger partial charge in [-0.25, -0.2) is 0 Å². The molecule has 3 fully saturated rings. The summed E-state index contributed by atoms with van der Waals surface area (Å²) in [6, 6.07) is 0. The van der Waals surface area contributed by atoms with Gasteiger partial charge < -0.3 is 4.74 Å². The van der Waals surface area contributed by atoms with Crippen molar-refractivity contribution in [3.05, 3.63) is 0 Å². The van der Waals surface area contributed by atoms with Crippen molar-refractivity contribution < 1.29 is 9.53 Å². The molecular formula is C15H25NO2. The van der Waals surface area contributed by atoms with Crippen LogP contribution in [0.1, 0.15) is 46.0 Å². The molecule has 1 saturated carbocycles. The number of hydrogen-bond acceptors (Lipinski definition) is 3. The molecule has 0 spiro atoms. The summed E-state index contributed by atoms with van der Waals surface area (Å²) >= 11 is 0. The number of ketones is 1. The minimum atomic E-state index is 0.270. The minimum Gasteiger partial charge on any atom is -0.372 e. The van der Waals surface area contributed by atoms with Crippen LogP contribution in [0, 0.1) is 11.3 Å². The Kier molecular flexibility index (Phi) is 3.23. The average molecular weight is 251 g/mol. The fraction of sp³-hybridized carbons (Fsp3) is 0.933. The summed E-state index contributed by atoms with van der Waals surface area (Å²) in [5.41, 5.74) is 0.351. The van der Waals surface area contributed by atoms with Gasteiger partial charge in [0.1, 0.15) is 5.78 Å². The van der Waals surface area contributed by atoms with Gasteiger partial charge in [0.15, 0.2) is 0 Å². The van der Waals surface area contributed by atoms with E-state index in [1.807, 2.05) is 0 Å². The van der Waals surface area contributed by atoms with E-state index in [2.05, 4.69) is 18.7 Å². The molecule has 3 rings (SSSR count). The Morgan fingerprint density at radius 1 is 1.28 bits per heavy atom. The third-order valence-corrected chi connectivity index (χ3v) is 4.90. The van der Waals surface area contributed by atoms with Crippen molar-refractivity contribution in [2.24, 2.45) is 11.3 Å². The summed E-state index contributed by atoms with van der Waals surface area (Å²) in [5.74, 6) is 0.763. The molecular weight excluding hydrogens is 226 g/mol. The highest BCUT2D eigenvalue weighted by atomic mass is 16.5. The molecule has 3 aliphatic rings. The van der Waals surface area contributed by atoms with Gasteiger partial charge in [-0.15, -0.1) is 0 Å². The van der Waals surface area contributed by atoms with E-state index in [4.69, 9.17) is 4.74 Å². The molecule has 3 unspecified atom stereocenters. The van der Waals surface area contributed by atoms with E-state index in [1.165, 1.54) is 12.8 Å². The smallest absolute Gasteiger partial charge is 0.137 e. The monoisotopic (exact) mass is 251 g/mol. The molecule has 0 aromatic rings. The lowest BCUT2D eigenvalue weighted by Crippen LogP contribution is -2.47. The van der Waals surface area contributed by atoms with Crippen LogP contribution in [-0.4, -0.2) is 42.5 Å². The van der Waals surface area contributed by atoms with Crippen LogP contribution in [0.3, 0.4) is 0 Å². The summed E-state index contributed by atoms with van der Waals surface area (Å²) in [5, 5.41) is 0. The predicted molar refractivity (Wildman–Crippen MR) is 70.5 cm³/mol. The highest BCUT2D eigenvalue weighted by Gasteiger charge is 2.38. The van der Waals surface area contributed by atoms with Crippen molar-refractivity contribution in [3.63, 3.8) is 0 Å². The van der Waals surface area contributed by atoms with E-state index in [-0.39, 0.29) is 5.92 Å². The van der Waals surface area contributed by atoms with Crippen molar-refractivity contribution in [1.29, 1.82) is 0 Å². The Morgan fingerprint density at radius 3 is 2.61 bits per heavy atom. The van der Waals surface area contributed by atoms with E-state index in [9.17, 15) is 4.79 Å². The summed E-state index contributed by atoms with van der Waals surface area (Å²) < 4.78 is 5.86. The number of Topliss-reactive ketones (excluding diaryl/α,β-unsaturated/α-hetero) is 1. The second kappa shape index (κ2) is 4.61. The molecule has 2 heterocycles. The van der Waals surface area contributed by atoms with Crippen molar-refractivity contribution >= 4 is 5.78 Å². The normalized spacial score (nSPS) is 40.1. The predicted octanol–water partition coefficient (Wildman–Crippen LogP) is 2.25. The van der Waals surface area contributed by atoms with Gasteiger partial charge in [0.25, 0.3) is 0 Å². The zero-order valence-electron chi connectivity index (χ0n) is 11.7. The van der Waals surface area contributed by atoms with Crippen molar-refractivity contribution in [1.82, 2.24) is 4.90 Å². The van der Waals surface area contributed by atoms with E-state index < -0.39 is 0 Å². The SMILES string of the molecule is CC1(C)CCC(=O)C(CN2CC3CCC(C2)O3)C1. The molecule has 0 N–H and O–H groups in total. The van der Waals surface area contributed by atoms with Crippen LogP contribution in [0.5, 0.6) is 0 Å². The van der Waals surface area contributed by atoms with E-state index >= 15 is 0 Å². The average Bonchev–Trinajstić information content (AvgIpc) is 2.63. The molecule has 18 heavy (non-hydrogen) atoms. The van der Waals surface area contributed by atoms with Crippen molar-refractivity contribution in [3.8, 4) is 0 Å².